The normalized spacial score (nSPS) is 10.5. The fraction of sp³-hybridized carbons (Fsp3) is 0.176. The molecule has 0 fully saturated rings. The largest absolute Gasteiger partial charge is 0.363 e. The second-order valence-electron chi connectivity index (χ2n) is 5.60. The molecule has 0 spiro atoms. The number of hydrogen-bond acceptors (Lipinski definition) is 5. The van der Waals surface area contributed by atoms with Crippen molar-refractivity contribution in [2.45, 2.75) is 6.54 Å². The lowest BCUT2D eigenvalue weighted by Gasteiger charge is -2.11. The topological polar surface area (TPSA) is 75.9 Å². The van der Waals surface area contributed by atoms with E-state index >= 15 is 0 Å². The summed E-state index contributed by atoms with van der Waals surface area (Å²) in [5.41, 5.74) is 1.28. The van der Waals surface area contributed by atoms with Gasteiger partial charge in [-0.3, -0.25) is 9.36 Å². The highest BCUT2D eigenvalue weighted by Crippen LogP contribution is 2.12. The van der Waals surface area contributed by atoms with Crippen LogP contribution in [0, 0.1) is 0 Å². The fourth-order valence-electron chi connectivity index (χ4n) is 2.16. The fourth-order valence-corrected chi connectivity index (χ4v) is 2.29. The van der Waals surface area contributed by atoms with Crippen LogP contribution in [0.15, 0.2) is 49.2 Å². The van der Waals surface area contributed by atoms with Gasteiger partial charge in [0.2, 0.25) is 0 Å². The molecule has 1 aromatic carbocycles. The van der Waals surface area contributed by atoms with Gasteiger partial charge in [-0.25, -0.2) is 15.0 Å². The molecule has 0 unspecified atom stereocenters. The monoisotopic (exact) mass is 356 g/mol. The van der Waals surface area contributed by atoms with Crippen molar-refractivity contribution >= 4 is 23.3 Å². The molecule has 0 aliphatic rings. The number of anilines is 1. The van der Waals surface area contributed by atoms with Crippen molar-refractivity contribution in [2.75, 3.05) is 19.0 Å². The van der Waals surface area contributed by atoms with E-state index in [1.807, 2.05) is 37.2 Å². The second-order valence-corrected chi connectivity index (χ2v) is 6.04. The molecular weight excluding hydrogens is 340 g/mol. The van der Waals surface area contributed by atoms with Gasteiger partial charge >= 0.3 is 0 Å². The summed E-state index contributed by atoms with van der Waals surface area (Å²) in [5.74, 6) is 1.16. The summed E-state index contributed by atoms with van der Waals surface area (Å²) in [5, 5.41) is 3.49. The number of carbonyl (C=O) groups is 1. The predicted molar refractivity (Wildman–Crippen MR) is 96.1 cm³/mol. The Hall–Kier alpha value is -2.93. The standard InChI is InChI=1S/C17H17ClN6O/c1-23(2)15-7-16(21-10-20-15)24-9-14(22-11-24)17(25)19-8-12-3-5-13(18)6-4-12/h3-7,9-11H,8H2,1-2H3,(H,19,25). The lowest BCUT2D eigenvalue weighted by molar-refractivity contribution is 0.0946. The van der Waals surface area contributed by atoms with Gasteiger partial charge < -0.3 is 10.2 Å². The van der Waals surface area contributed by atoms with Gasteiger partial charge in [-0.05, 0) is 17.7 Å². The molecular formula is C17H17ClN6O. The van der Waals surface area contributed by atoms with E-state index in [0.29, 0.717) is 23.1 Å². The van der Waals surface area contributed by atoms with E-state index in [1.54, 1.807) is 29.2 Å². The molecule has 7 nitrogen and oxygen atoms in total. The Labute approximate surface area is 150 Å². The SMILES string of the molecule is CN(C)c1cc(-n2cnc(C(=O)NCc3ccc(Cl)cc3)c2)ncn1. The first kappa shape index (κ1) is 16.9. The van der Waals surface area contributed by atoms with E-state index < -0.39 is 0 Å². The molecule has 0 radical (unpaired) electrons. The zero-order valence-corrected chi connectivity index (χ0v) is 14.6. The summed E-state index contributed by atoms with van der Waals surface area (Å²) in [6.45, 7) is 0.404. The summed E-state index contributed by atoms with van der Waals surface area (Å²) in [7, 11) is 3.80. The van der Waals surface area contributed by atoms with Crippen LogP contribution >= 0.6 is 11.6 Å². The van der Waals surface area contributed by atoms with Crippen molar-refractivity contribution < 1.29 is 4.79 Å². The molecule has 8 heteroatoms. The number of amides is 1. The highest BCUT2D eigenvalue weighted by atomic mass is 35.5. The van der Waals surface area contributed by atoms with Crippen molar-refractivity contribution in [3.63, 3.8) is 0 Å². The molecule has 0 aliphatic heterocycles. The van der Waals surface area contributed by atoms with Gasteiger partial charge in [0.25, 0.3) is 5.91 Å². The maximum absolute atomic E-state index is 12.3. The van der Waals surface area contributed by atoms with Gasteiger partial charge in [0.05, 0.1) is 0 Å². The summed E-state index contributed by atoms with van der Waals surface area (Å²) < 4.78 is 1.69. The van der Waals surface area contributed by atoms with E-state index in [4.69, 9.17) is 11.6 Å². The Morgan fingerprint density at radius 2 is 1.96 bits per heavy atom. The molecule has 128 valence electrons. The van der Waals surface area contributed by atoms with E-state index in [9.17, 15) is 4.79 Å². The molecule has 0 aliphatic carbocycles. The number of rotatable bonds is 5. The summed E-state index contributed by atoms with van der Waals surface area (Å²) >= 11 is 5.85. The summed E-state index contributed by atoms with van der Waals surface area (Å²) in [6.07, 6.45) is 4.67. The van der Waals surface area contributed by atoms with Crippen molar-refractivity contribution in [1.29, 1.82) is 0 Å². The predicted octanol–water partition coefficient (Wildman–Crippen LogP) is 2.31. The number of hydrogen-bond donors (Lipinski definition) is 1. The van der Waals surface area contributed by atoms with Crippen LogP contribution in [0.3, 0.4) is 0 Å². The van der Waals surface area contributed by atoms with E-state index in [-0.39, 0.29) is 5.91 Å². The van der Waals surface area contributed by atoms with E-state index in [0.717, 1.165) is 11.4 Å². The van der Waals surface area contributed by atoms with Crippen LogP contribution in [-0.4, -0.2) is 39.5 Å². The van der Waals surface area contributed by atoms with Gasteiger partial charge in [0, 0.05) is 37.9 Å². The molecule has 1 N–H and O–H groups in total. The second kappa shape index (κ2) is 7.31. The number of carbonyl (C=O) groups excluding carboxylic acids is 1. The Morgan fingerprint density at radius 3 is 2.68 bits per heavy atom. The van der Waals surface area contributed by atoms with Crippen LogP contribution in [0.5, 0.6) is 0 Å². The Kier molecular flexibility index (Phi) is 4.95. The van der Waals surface area contributed by atoms with Crippen molar-refractivity contribution in [3.8, 4) is 5.82 Å². The Balaban J connectivity index is 1.69. The minimum atomic E-state index is -0.254. The Morgan fingerprint density at radius 1 is 1.20 bits per heavy atom. The first-order chi connectivity index (χ1) is 12.0. The smallest absolute Gasteiger partial charge is 0.271 e. The highest BCUT2D eigenvalue weighted by Gasteiger charge is 2.11. The molecule has 2 heterocycles. The third kappa shape index (κ3) is 4.13. The van der Waals surface area contributed by atoms with Crippen LogP contribution < -0.4 is 10.2 Å². The average molecular weight is 357 g/mol. The minimum absolute atomic E-state index is 0.254. The van der Waals surface area contributed by atoms with E-state index in [2.05, 4.69) is 20.3 Å². The molecule has 0 bridgehead atoms. The van der Waals surface area contributed by atoms with Gasteiger partial charge in [-0.1, -0.05) is 23.7 Å². The van der Waals surface area contributed by atoms with Crippen molar-refractivity contribution in [3.05, 3.63) is 65.5 Å². The quantitative estimate of drug-likeness (QED) is 0.759. The molecule has 3 rings (SSSR count). The van der Waals surface area contributed by atoms with Gasteiger partial charge in [0.15, 0.2) is 0 Å². The highest BCUT2D eigenvalue weighted by molar-refractivity contribution is 6.30. The molecule has 3 aromatic rings. The first-order valence-electron chi connectivity index (χ1n) is 7.59. The number of aromatic nitrogens is 4. The van der Waals surface area contributed by atoms with Crippen LogP contribution in [0.1, 0.15) is 16.1 Å². The van der Waals surface area contributed by atoms with Crippen LogP contribution in [0.25, 0.3) is 5.82 Å². The number of halogens is 1. The molecule has 1 amide bonds. The van der Waals surface area contributed by atoms with Gasteiger partial charge in [-0.2, -0.15) is 0 Å². The molecule has 2 aromatic heterocycles. The van der Waals surface area contributed by atoms with Crippen molar-refractivity contribution in [1.82, 2.24) is 24.8 Å². The van der Waals surface area contributed by atoms with Crippen LogP contribution in [0.4, 0.5) is 5.82 Å². The number of imidazole rings is 1. The average Bonchev–Trinajstić information content (AvgIpc) is 3.11. The summed E-state index contributed by atoms with van der Waals surface area (Å²) in [6, 6.07) is 9.12. The molecule has 0 saturated heterocycles. The molecule has 25 heavy (non-hydrogen) atoms. The van der Waals surface area contributed by atoms with Gasteiger partial charge in [0.1, 0.15) is 30.0 Å². The third-order valence-electron chi connectivity index (χ3n) is 3.54. The molecule has 0 atom stereocenters. The zero-order valence-electron chi connectivity index (χ0n) is 13.8. The first-order valence-corrected chi connectivity index (χ1v) is 7.97. The lowest BCUT2D eigenvalue weighted by atomic mass is 10.2. The van der Waals surface area contributed by atoms with Crippen molar-refractivity contribution in [2.24, 2.45) is 0 Å². The number of nitrogens with one attached hydrogen (secondary N) is 1. The third-order valence-corrected chi connectivity index (χ3v) is 3.79. The van der Waals surface area contributed by atoms with Gasteiger partial charge in [-0.15, -0.1) is 0 Å². The maximum atomic E-state index is 12.3. The minimum Gasteiger partial charge on any atom is -0.363 e. The van der Waals surface area contributed by atoms with Crippen LogP contribution in [0.2, 0.25) is 5.02 Å². The zero-order chi connectivity index (χ0) is 17.8. The van der Waals surface area contributed by atoms with E-state index in [1.165, 1.54) is 6.33 Å². The maximum Gasteiger partial charge on any atom is 0.271 e. The van der Waals surface area contributed by atoms with Crippen LogP contribution in [-0.2, 0) is 6.54 Å². The lowest BCUT2D eigenvalue weighted by Crippen LogP contribution is -2.23. The Bertz CT molecular complexity index is 875. The summed E-state index contributed by atoms with van der Waals surface area (Å²) in [4.78, 5) is 26.7. The number of nitrogens with zero attached hydrogens (tertiary/aromatic N) is 5. The number of benzene rings is 1. The molecule has 0 saturated carbocycles.